The fraction of sp³-hybridized carbons (Fsp3) is 0.167. The van der Waals surface area contributed by atoms with Crippen LogP contribution in [0.15, 0.2) is 77.7 Å². The van der Waals surface area contributed by atoms with Gasteiger partial charge in [0, 0.05) is 24.2 Å². The quantitative estimate of drug-likeness (QED) is 0.313. The molecule has 0 spiro atoms. The number of morpholine rings is 1. The number of sulfonamides is 1. The molecule has 170 valence electrons. The van der Waals surface area contributed by atoms with Crippen molar-refractivity contribution in [2.24, 2.45) is 0 Å². The molecule has 3 aromatic rings. The first-order valence-electron chi connectivity index (χ1n) is 10.2. The Labute approximate surface area is 190 Å². The largest absolute Gasteiger partial charge is 0.423 e. The van der Waals surface area contributed by atoms with Crippen molar-refractivity contribution in [3.05, 3.63) is 95.3 Å². The summed E-state index contributed by atoms with van der Waals surface area (Å²) in [4.78, 5) is 24.5. The summed E-state index contributed by atoms with van der Waals surface area (Å²) >= 11 is 0. The fourth-order valence-electron chi connectivity index (χ4n) is 3.35. The molecule has 1 heterocycles. The molecule has 33 heavy (non-hydrogen) atoms. The van der Waals surface area contributed by atoms with Gasteiger partial charge in [-0.1, -0.05) is 30.3 Å². The molecule has 0 radical (unpaired) electrons. The van der Waals surface area contributed by atoms with E-state index < -0.39 is 26.7 Å². The minimum Gasteiger partial charge on any atom is -0.423 e. The van der Waals surface area contributed by atoms with Crippen LogP contribution in [0.1, 0.15) is 26.3 Å². The Morgan fingerprint density at radius 1 is 0.848 bits per heavy atom. The van der Waals surface area contributed by atoms with Crippen LogP contribution in [0, 0.1) is 5.82 Å². The van der Waals surface area contributed by atoms with Gasteiger partial charge in [-0.05, 0) is 42.5 Å². The van der Waals surface area contributed by atoms with E-state index in [1.165, 1.54) is 24.3 Å². The number of carbonyl (C=O) groups is 2. The van der Waals surface area contributed by atoms with Crippen LogP contribution in [0.4, 0.5) is 4.39 Å². The summed E-state index contributed by atoms with van der Waals surface area (Å²) in [5.74, 6) is -1.83. The number of hydrogen-bond donors (Lipinski definition) is 0. The topological polar surface area (TPSA) is 90.0 Å². The lowest BCUT2D eigenvalue weighted by Crippen LogP contribution is -2.41. The monoisotopic (exact) mass is 469 g/mol. The first kappa shape index (κ1) is 22.8. The van der Waals surface area contributed by atoms with E-state index in [1.54, 1.807) is 24.3 Å². The third kappa shape index (κ3) is 5.00. The van der Waals surface area contributed by atoms with E-state index in [0.717, 1.165) is 22.5 Å². The molecule has 7 nitrogen and oxygen atoms in total. The highest BCUT2D eigenvalue weighted by Crippen LogP contribution is 2.23. The van der Waals surface area contributed by atoms with Gasteiger partial charge in [-0.25, -0.2) is 17.6 Å². The second-order valence-corrected chi connectivity index (χ2v) is 9.18. The smallest absolute Gasteiger partial charge is 0.343 e. The first-order chi connectivity index (χ1) is 15.9. The summed E-state index contributed by atoms with van der Waals surface area (Å²) in [6.07, 6.45) is 0. The molecule has 0 amide bonds. The van der Waals surface area contributed by atoms with Crippen molar-refractivity contribution in [3.63, 3.8) is 0 Å². The van der Waals surface area contributed by atoms with Crippen LogP contribution in [0.3, 0.4) is 0 Å². The molecule has 0 N–H and O–H groups in total. The third-order valence-electron chi connectivity index (χ3n) is 5.12. The maximum absolute atomic E-state index is 14.3. The lowest BCUT2D eigenvalue weighted by atomic mass is 10.0. The third-order valence-corrected chi connectivity index (χ3v) is 7.03. The zero-order valence-corrected chi connectivity index (χ0v) is 18.3. The number of hydrogen-bond acceptors (Lipinski definition) is 6. The molecule has 1 saturated heterocycles. The van der Waals surface area contributed by atoms with Gasteiger partial charge >= 0.3 is 5.97 Å². The Kier molecular flexibility index (Phi) is 6.64. The number of ether oxygens (including phenoxy) is 2. The Bertz CT molecular complexity index is 1270. The molecule has 0 bridgehead atoms. The molecule has 0 aliphatic carbocycles. The van der Waals surface area contributed by atoms with E-state index in [-0.39, 0.29) is 43.4 Å². The van der Waals surface area contributed by atoms with Crippen molar-refractivity contribution >= 4 is 21.8 Å². The van der Waals surface area contributed by atoms with E-state index in [1.807, 2.05) is 6.07 Å². The van der Waals surface area contributed by atoms with Gasteiger partial charge in [-0.2, -0.15) is 4.31 Å². The van der Waals surface area contributed by atoms with Crippen LogP contribution >= 0.6 is 0 Å². The fourth-order valence-corrected chi connectivity index (χ4v) is 4.85. The standard InChI is InChI=1S/C24H20FNO6S/c25-21-11-8-19(16-22(21)33(29,30)26-12-14-31-15-13-26)24(28)32-20-9-6-18(7-10-20)23(27)17-4-2-1-3-5-17/h1-11,16H,12-15H2. The van der Waals surface area contributed by atoms with Gasteiger partial charge < -0.3 is 9.47 Å². The predicted molar refractivity (Wildman–Crippen MR) is 117 cm³/mol. The highest BCUT2D eigenvalue weighted by Gasteiger charge is 2.30. The number of rotatable bonds is 6. The maximum atomic E-state index is 14.3. The van der Waals surface area contributed by atoms with Gasteiger partial charge in [0.25, 0.3) is 0 Å². The Hall–Kier alpha value is -3.40. The van der Waals surface area contributed by atoms with E-state index in [9.17, 15) is 22.4 Å². The highest BCUT2D eigenvalue weighted by atomic mass is 32.2. The molecule has 0 saturated carbocycles. The molecule has 1 aliphatic heterocycles. The predicted octanol–water partition coefficient (Wildman–Crippen LogP) is 3.30. The highest BCUT2D eigenvalue weighted by molar-refractivity contribution is 7.89. The lowest BCUT2D eigenvalue weighted by Gasteiger charge is -2.26. The van der Waals surface area contributed by atoms with Crippen molar-refractivity contribution in [3.8, 4) is 5.75 Å². The number of ketones is 1. The van der Waals surface area contributed by atoms with Crippen molar-refractivity contribution in [2.75, 3.05) is 26.3 Å². The second-order valence-electron chi connectivity index (χ2n) is 7.27. The number of halogens is 1. The SMILES string of the molecule is O=C(Oc1ccc(C(=O)c2ccccc2)cc1)c1ccc(F)c(S(=O)(=O)N2CCOCC2)c1. The molecule has 1 aliphatic rings. The van der Waals surface area contributed by atoms with Gasteiger partial charge in [0.2, 0.25) is 10.0 Å². The molecule has 4 rings (SSSR count). The Morgan fingerprint density at radius 2 is 1.45 bits per heavy atom. The average Bonchev–Trinajstić information content (AvgIpc) is 2.85. The minimum atomic E-state index is -4.13. The summed E-state index contributed by atoms with van der Waals surface area (Å²) in [5, 5.41) is 0. The van der Waals surface area contributed by atoms with Crippen LogP contribution in [-0.4, -0.2) is 50.8 Å². The zero-order valence-electron chi connectivity index (χ0n) is 17.4. The van der Waals surface area contributed by atoms with E-state index >= 15 is 0 Å². The molecule has 1 fully saturated rings. The second kappa shape index (κ2) is 9.62. The lowest BCUT2D eigenvalue weighted by molar-refractivity contribution is 0.0726. The van der Waals surface area contributed by atoms with Crippen molar-refractivity contribution in [2.45, 2.75) is 4.90 Å². The van der Waals surface area contributed by atoms with Crippen molar-refractivity contribution in [1.29, 1.82) is 0 Å². The summed E-state index contributed by atoms with van der Waals surface area (Å²) in [6, 6.07) is 17.8. The van der Waals surface area contributed by atoms with Gasteiger partial charge in [0.05, 0.1) is 18.8 Å². The van der Waals surface area contributed by atoms with Crippen LogP contribution in [0.5, 0.6) is 5.75 Å². The van der Waals surface area contributed by atoms with Gasteiger partial charge in [0.15, 0.2) is 5.78 Å². The summed E-state index contributed by atoms with van der Waals surface area (Å²) in [6.45, 7) is 0.631. The van der Waals surface area contributed by atoms with Gasteiger partial charge in [0.1, 0.15) is 16.5 Å². The van der Waals surface area contributed by atoms with E-state index in [4.69, 9.17) is 9.47 Å². The van der Waals surface area contributed by atoms with Crippen molar-refractivity contribution < 1.29 is 31.9 Å². The number of nitrogens with zero attached hydrogens (tertiary/aromatic N) is 1. The number of carbonyl (C=O) groups excluding carboxylic acids is 2. The molecule has 9 heteroatoms. The molecular weight excluding hydrogens is 449 g/mol. The Balaban J connectivity index is 1.51. The molecular formula is C24H20FNO6S. The van der Waals surface area contributed by atoms with Crippen LogP contribution < -0.4 is 4.74 Å². The maximum Gasteiger partial charge on any atom is 0.343 e. The molecule has 0 aromatic heterocycles. The summed E-state index contributed by atoms with van der Waals surface area (Å²) in [5.41, 5.74) is 0.830. The zero-order chi connectivity index (χ0) is 23.4. The molecule has 0 atom stereocenters. The van der Waals surface area contributed by atoms with Crippen molar-refractivity contribution in [1.82, 2.24) is 4.31 Å². The average molecular weight is 469 g/mol. The normalized spacial score (nSPS) is 14.6. The minimum absolute atomic E-state index is 0.102. The Morgan fingerprint density at radius 3 is 2.12 bits per heavy atom. The van der Waals surface area contributed by atoms with E-state index in [2.05, 4.69) is 0 Å². The first-order valence-corrected chi connectivity index (χ1v) is 11.6. The molecule has 3 aromatic carbocycles. The summed E-state index contributed by atoms with van der Waals surface area (Å²) < 4.78 is 51.5. The number of esters is 1. The van der Waals surface area contributed by atoms with Crippen LogP contribution in [0.25, 0.3) is 0 Å². The summed E-state index contributed by atoms with van der Waals surface area (Å²) in [7, 11) is -4.13. The van der Waals surface area contributed by atoms with Crippen LogP contribution in [0.2, 0.25) is 0 Å². The van der Waals surface area contributed by atoms with Crippen LogP contribution in [-0.2, 0) is 14.8 Å². The molecule has 0 unspecified atom stereocenters. The van der Waals surface area contributed by atoms with Gasteiger partial charge in [-0.15, -0.1) is 0 Å². The van der Waals surface area contributed by atoms with Gasteiger partial charge in [-0.3, -0.25) is 4.79 Å². The number of benzene rings is 3. The van der Waals surface area contributed by atoms with E-state index in [0.29, 0.717) is 11.1 Å².